The number of unbranched alkanes of at least 4 members (excludes halogenated alkanes) is 16. The highest BCUT2D eigenvalue weighted by Crippen LogP contribution is 2.13. The molecular formula is C20H46N2Si. The second kappa shape index (κ2) is 22.1. The number of hydrogen-bond donors (Lipinski definition) is 2. The molecule has 0 aromatic heterocycles. The average molecular weight is 343 g/mol. The highest BCUT2D eigenvalue weighted by Gasteiger charge is 1.95. The van der Waals surface area contributed by atoms with E-state index in [0.717, 1.165) is 6.54 Å². The van der Waals surface area contributed by atoms with Gasteiger partial charge in [-0.15, -0.1) is 0 Å². The largest absolute Gasteiger partial charge is 0.330 e. The van der Waals surface area contributed by atoms with Gasteiger partial charge in [-0.05, 0) is 32.1 Å². The van der Waals surface area contributed by atoms with Crippen LogP contribution in [0, 0.1) is 0 Å². The highest BCUT2D eigenvalue weighted by molar-refractivity contribution is 6.08. The van der Waals surface area contributed by atoms with E-state index in [9.17, 15) is 0 Å². The van der Waals surface area contributed by atoms with Crippen molar-refractivity contribution in [3.05, 3.63) is 0 Å². The van der Waals surface area contributed by atoms with E-state index in [2.05, 4.69) is 5.32 Å². The zero-order valence-electron chi connectivity index (χ0n) is 16.2. The Balaban J connectivity index is 2.92. The topological polar surface area (TPSA) is 38.0 Å². The lowest BCUT2D eigenvalue weighted by Gasteiger charge is -2.04. The molecule has 0 radical (unpaired) electrons. The Morgan fingerprint density at radius 1 is 0.478 bits per heavy atom. The first kappa shape index (κ1) is 23.1. The van der Waals surface area contributed by atoms with E-state index in [4.69, 9.17) is 5.73 Å². The number of hydrogen-bond acceptors (Lipinski definition) is 2. The van der Waals surface area contributed by atoms with Crippen LogP contribution in [0.25, 0.3) is 0 Å². The molecule has 140 valence electrons. The first-order chi connectivity index (χ1) is 11.4. The monoisotopic (exact) mass is 342 g/mol. The summed E-state index contributed by atoms with van der Waals surface area (Å²) in [4.78, 5) is 0. The second-order valence-corrected chi connectivity index (χ2v) is 7.86. The normalized spacial score (nSPS) is 11.3. The van der Waals surface area contributed by atoms with Gasteiger partial charge >= 0.3 is 0 Å². The van der Waals surface area contributed by atoms with Gasteiger partial charge in [-0.2, -0.15) is 0 Å². The zero-order chi connectivity index (χ0) is 16.8. The number of nitrogens with two attached hydrogens (primary N) is 1. The quantitative estimate of drug-likeness (QED) is 0.253. The molecule has 0 unspecified atom stereocenters. The number of rotatable bonds is 20. The van der Waals surface area contributed by atoms with Gasteiger partial charge in [0, 0.05) is 10.2 Å². The molecule has 0 spiro atoms. The van der Waals surface area contributed by atoms with Gasteiger partial charge in [0.05, 0.1) is 0 Å². The molecule has 0 amide bonds. The zero-order valence-corrected chi connectivity index (χ0v) is 18.2. The summed E-state index contributed by atoms with van der Waals surface area (Å²) in [6.45, 7) is 2.12. The SMILES string of the molecule is NCCCCCCCCCCCCCCCCCCCNC[SiH3]. The molecule has 3 heteroatoms. The van der Waals surface area contributed by atoms with Gasteiger partial charge in [-0.3, -0.25) is 0 Å². The fourth-order valence-corrected chi connectivity index (χ4v) is 3.58. The third kappa shape index (κ3) is 22.1. The van der Waals surface area contributed by atoms with Crippen molar-refractivity contribution in [1.82, 2.24) is 5.32 Å². The summed E-state index contributed by atoms with van der Waals surface area (Å²) < 4.78 is 0. The van der Waals surface area contributed by atoms with Gasteiger partial charge in [-0.25, -0.2) is 0 Å². The predicted octanol–water partition coefficient (Wildman–Crippen LogP) is 4.49. The maximum atomic E-state index is 5.50. The lowest BCUT2D eigenvalue weighted by atomic mass is 10.0. The smallest absolute Gasteiger partial charge is 0.0201 e. The standard InChI is InChI=1S/C20H46N2Si/c21-18-16-14-12-10-8-6-4-2-1-3-5-7-9-11-13-15-17-19-22-20-23/h22H,1-21H2,23H3. The summed E-state index contributed by atoms with van der Waals surface area (Å²) >= 11 is 0. The van der Waals surface area contributed by atoms with E-state index in [1.165, 1.54) is 132 Å². The Bertz CT molecular complexity index is 180. The van der Waals surface area contributed by atoms with Crippen LogP contribution in [0.3, 0.4) is 0 Å². The van der Waals surface area contributed by atoms with Crippen LogP contribution in [0.1, 0.15) is 109 Å². The Morgan fingerprint density at radius 3 is 1.09 bits per heavy atom. The van der Waals surface area contributed by atoms with E-state index in [-0.39, 0.29) is 0 Å². The maximum Gasteiger partial charge on any atom is 0.0201 e. The van der Waals surface area contributed by atoms with Crippen LogP contribution in [0.4, 0.5) is 0 Å². The summed E-state index contributed by atoms with van der Waals surface area (Å²) in [6, 6.07) is 0. The first-order valence-electron chi connectivity index (χ1n) is 10.8. The van der Waals surface area contributed by atoms with Crippen molar-refractivity contribution in [3.8, 4) is 0 Å². The lowest BCUT2D eigenvalue weighted by Crippen LogP contribution is -2.16. The molecule has 0 bridgehead atoms. The van der Waals surface area contributed by atoms with Crippen LogP contribution < -0.4 is 11.1 Å². The third-order valence-electron chi connectivity index (χ3n) is 4.81. The van der Waals surface area contributed by atoms with Crippen molar-refractivity contribution >= 4 is 10.2 Å². The summed E-state index contributed by atoms with van der Waals surface area (Å²) in [7, 11) is 1.30. The van der Waals surface area contributed by atoms with Crippen LogP contribution in [-0.2, 0) is 0 Å². The molecule has 0 aliphatic heterocycles. The van der Waals surface area contributed by atoms with E-state index in [1.54, 1.807) is 0 Å². The van der Waals surface area contributed by atoms with Gasteiger partial charge in [0.15, 0.2) is 0 Å². The molecule has 0 aliphatic carbocycles. The molecule has 0 aromatic rings. The lowest BCUT2D eigenvalue weighted by molar-refractivity contribution is 0.524. The molecule has 0 atom stereocenters. The maximum absolute atomic E-state index is 5.50. The first-order valence-corrected chi connectivity index (χ1v) is 12.2. The predicted molar refractivity (Wildman–Crippen MR) is 110 cm³/mol. The molecule has 0 rings (SSSR count). The van der Waals surface area contributed by atoms with Crippen molar-refractivity contribution in [2.24, 2.45) is 5.73 Å². The Labute approximate surface area is 150 Å². The minimum Gasteiger partial charge on any atom is -0.330 e. The minimum absolute atomic E-state index is 0.873. The fraction of sp³-hybridized carbons (Fsp3) is 1.00. The molecule has 0 aromatic carbocycles. The van der Waals surface area contributed by atoms with E-state index < -0.39 is 0 Å². The van der Waals surface area contributed by atoms with Crippen molar-refractivity contribution in [2.75, 3.05) is 19.3 Å². The second-order valence-electron chi connectivity index (χ2n) is 7.15. The van der Waals surface area contributed by atoms with E-state index in [1.807, 2.05) is 0 Å². The summed E-state index contributed by atoms with van der Waals surface area (Å²) in [6.07, 6.45) is 25.6. The molecule has 0 heterocycles. The Kier molecular flexibility index (Phi) is 22.3. The van der Waals surface area contributed by atoms with Gasteiger partial charge in [0.1, 0.15) is 0 Å². The van der Waals surface area contributed by atoms with Crippen molar-refractivity contribution in [1.29, 1.82) is 0 Å². The van der Waals surface area contributed by atoms with Crippen LogP contribution >= 0.6 is 0 Å². The van der Waals surface area contributed by atoms with Gasteiger partial charge in [-0.1, -0.05) is 96.3 Å². The summed E-state index contributed by atoms with van der Waals surface area (Å²) in [5.74, 6) is 0. The Hall–Kier alpha value is 0.137. The number of nitrogens with one attached hydrogen (secondary N) is 1. The third-order valence-corrected chi connectivity index (χ3v) is 5.31. The van der Waals surface area contributed by atoms with Crippen molar-refractivity contribution in [3.63, 3.8) is 0 Å². The van der Waals surface area contributed by atoms with Crippen molar-refractivity contribution < 1.29 is 0 Å². The van der Waals surface area contributed by atoms with Crippen LogP contribution in [-0.4, -0.2) is 29.5 Å². The summed E-state index contributed by atoms with van der Waals surface area (Å²) in [5.41, 5.74) is 5.50. The van der Waals surface area contributed by atoms with Gasteiger partial charge in [0.2, 0.25) is 0 Å². The van der Waals surface area contributed by atoms with Crippen LogP contribution in [0.5, 0.6) is 0 Å². The van der Waals surface area contributed by atoms with E-state index >= 15 is 0 Å². The van der Waals surface area contributed by atoms with Crippen molar-refractivity contribution in [2.45, 2.75) is 109 Å². The van der Waals surface area contributed by atoms with Crippen LogP contribution in [0.2, 0.25) is 0 Å². The Morgan fingerprint density at radius 2 is 0.783 bits per heavy atom. The average Bonchev–Trinajstić information content (AvgIpc) is 2.57. The molecule has 0 aliphatic rings. The van der Waals surface area contributed by atoms with E-state index in [0.29, 0.717) is 0 Å². The van der Waals surface area contributed by atoms with Crippen LogP contribution in [0.15, 0.2) is 0 Å². The highest BCUT2D eigenvalue weighted by atomic mass is 28.1. The molecular weight excluding hydrogens is 296 g/mol. The molecule has 0 saturated heterocycles. The van der Waals surface area contributed by atoms with Gasteiger partial charge < -0.3 is 11.1 Å². The molecule has 23 heavy (non-hydrogen) atoms. The molecule has 3 N–H and O–H groups in total. The molecule has 2 nitrogen and oxygen atoms in total. The fourth-order valence-electron chi connectivity index (χ4n) is 3.22. The molecule has 0 fully saturated rings. The van der Waals surface area contributed by atoms with Gasteiger partial charge in [0.25, 0.3) is 0 Å². The molecule has 0 saturated carbocycles. The summed E-state index contributed by atoms with van der Waals surface area (Å²) in [5, 5.41) is 3.46. The minimum atomic E-state index is 0.873.